The number of hydrogen-bond donors (Lipinski definition) is 1. The number of fused-ring (bicyclic) bond motifs is 1. The lowest BCUT2D eigenvalue weighted by molar-refractivity contribution is 0.566. The number of aryl methyl sites for hydroxylation is 1. The van der Waals surface area contributed by atoms with Crippen molar-refractivity contribution >= 4 is 0 Å². The van der Waals surface area contributed by atoms with Gasteiger partial charge in [0.1, 0.15) is 0 Å². The normalized spacial score (nSPS) is 14.7. The summed E-state index contributed by atoms with van der Waals surface area (Å²) in [7, 11) is 0. The number of rotatable bonds is 2. The van der Waals surface area contributed by atoms with E-state index in [4.69, 9.17) is 4.98 Å². The van der Waals surface area contributed by atoms with Crippen molar-refractivity contribution in [1.29, 1.82) is 0 Å². The molecule has 134 valence electrons. The number of H-pyrrole nitrogens is 1. The number of aromatic amines is 1. The van der Waals surface area contributed by atoms with Gasteiger partial charge >= 0.3 is 0 Å². The minimum absolute atomic E-state index is 0.104. The Balaban J connectivity index is 2.11. The molecular weight excluding hydrogens is 322 g/mol. The third-order valence-corrected chi connectivity index (χ3v) is 5.08. The number of benzene rings is 1. The van der Waals surface area contributed by atoms with Crippen molar-refractivity contribution in [3.63, 3.8) is 0 Å². The number of tetrazole rings is 1. The van der Waals surface area contributed by atoms with E-state index in [9.17, 15) is 0 Å². The van der Waals surface area contributed by atoms with Crippen LogP contribution >= 0.6 is 0 Å². The van der Waals surface area contributed by atoms with Crippen LogP contribution in [0, 0.1) is 0 Å². The van der Waals surface area contributed by atoms with Crippen LogP contribution in [0.4, 0.5) is 0 Å². The second-order valence-corrected chi connectivity index (χ2v) is 8.06. The molecule has 1 aliphatic rings. The summed E-state index contributed by atoms with van der Waals surface area (Å²) in [6.07, 6.45) is 5.78. The molecule has 0 radical (unpaired) electrons. The third-order valence-electron chi connectivity index (χ3n) is 5.08. The van der Waals surface area contributed by atoms with E-state index >= 15 is 0 Å². The molecule has 3 aromatic rings. The van der Waals surface area contributed by atoms with Gasteiger partial charge in [0, 0.05) is 11.1 Å². The lowest BCUT2D eigenvalue weighted by atomic mass is 9.82. The first-order valence-electron chi connectivity index (χ1n) is 9.41. The summed E-state index contributed by atoms with van der Waals surface area (Å²) >= 11 is 0. The van der Waals surface area contributed by atoms with Crippen molar-refractivity contribution in [3.05, 3.63) is 47.3 Å². The standard InChI is InChI=1S/C21H25N5/c1-21(2,3)19-18(20-23-25-26-24-20)17(14-10-6-4-7-11-14)15-12-8-5-9-13-16(15)22-19/h4,6-7,10-11H,5,8-9,12-13H2,1-3H3,(H,23,24,25,26). The number of pyridine rings is 1. The Hall–Kier alpha value is -2.56. The van der Waals surface area contributed by atoms with Crippen LogP contribution in [0.5, 0.6) is 0 Å². The van der Waals surface area contributed by atoms with E-state index in [0.717, 1.165) is 24.1 Å². The summed E-state index contributed by atoms with van der Waals surface area (Å²) in [5.74, 6) is 0.702. The van der Waals surface area contributed by atoms with Crippen LogP contribution < -0.4 is 0 Å². The summed E-state index contributed by atoms with van der Waals surface area (Å²) in [5.41, 5.74) is 7.10. The van der Waals surface area contributed by atoms with E-state index in [2.05, 4.69) is 71.7 Å². The van der Waals surface area contributed by atoms with Crippen LogP contribution in [0.15, 0.2) is 30.3 Å². The minimum Gasteiger partial charge on any atom is -0.256 e. The SMILES string of the molecule is CC(C)(C)c1nc2c(c(-c3ccccc3)c1-c1nnn[nH]1)CCCCC2. The largest absolute Gasteiger partial charge is 0.256 e. The molecule has 0 saturated heterocycles. The molecule has 2 heterocycles. The van der Waals surface area contributed by atoms with Crippen molar-refractivity contribution in [2.45, 2.75) is 58.3 Å². The molecule has 1 N–H and O–H groups in total. The summed E-state index contributed by atoms with van der Waals surface area (Å²) in [5, 5.41) is 14.9. The van der Waals surface area contributed by atoms with E-state index in [0.29, 0.717) is 5.82 Å². The zero-order valence-electron chi connectivity index (χ0n) is 15.7. The first-order chi connectivity index (χ1) is 12.6. The van der Waals surface area contributed by atoms with Crippen LogP contribution in [0.2, 0.25) is 0 Å². The summed E-state index contributed by atoms with van der Waals surface area (Å²) in [6.45, 7) is 6.63. The molecule has 1 aliphatic carbocycles. The lowest BCUT2D eigenvalue weighted by Crippen LogP contribution is -2.19. The van der Waals surface area contributed by atoms with Crippen molar-refractivity contribution < 1.29 is 0 Å². The van der Waals surface area contributed by atoms with E-state index in [-0.39, 0.29) is 5.41 Å². The average Bonchev–Trinajstić information content (AvgIpc) is 3.05. The Morgan fingerprint density at radius 1 is 0.923 bits per heavy atom. The first kappa shape index (κ1) is 16.9. The van der Waals surface area contributed by atoms with Gasteiger partial charge in [-0.25, -0.2) is 5.10 Å². The maximum absolute atomic E-state index is 5.17. The number of hydrogen-bond acceptors (Lipinski definition) is 4. The molecule has 4 rings (SSSR count). The van der Waals surface area contributed by atoms with E-state index in [1.165, 1.54) is 41.6 Å². The number of aromatic nitrogens is 5. The van der Waals surface area contributed by atoms with Crippen LogP contribution in [0.25, 0.3) is 22.5 Å². The highest BCUT2D eigenvalue weighted by Crippen LogP contribution is 2.42. The van der Waals surface area contributed by atoms with Gasteiger partial charge in [0.25, 0.3) is 0 Å². The topological polar surface area (TPSA) is 67.3 Å². The Morgan fingerprint density at radius 2 is 1.69 bits per heavy atom. The molecule has 0 atom stereocenters. The van der Waals surface area contributed by atoms with Gasteiger partial charge in [-0.3, -0.25) is 4.98 Å². The molecule has 0 saturated carbocycles. The zero-order valence-corrected chi connectivity index (χ0v) is 15.7. The van der Waals surface area contributed by atoms with Gasteiger partial charge in [0.05, 0.1) is 11.3 Å². The highest BCUT2D eigenvalue weighted by Gasteiger charge is 2.30. The maximum atomic E-state index is 5.17. The van der Waals surface area contributed by atoms with Crippen LogP contribution in [-0.2, 0) is 18.3 Å². The fourth-order valence-electron chi connectivity index (χ4n) is 3.88. The zero-order chi connectivity index (χ0) is 18.1. The molecule has 0 amide bonds. The minimum atomic E-state index is -0.104. The monoisotopic (exact) mass is 347 g/mol. The van der Waals surface area contributed by atoms with E-state index < -0.39 is 0 Å². The summed E-state index contributed by atoms with van der Waals surface area (Å²) < 4.78 is 0. The van der Waals surface area contributed by atoms with E-state index in [1.807, 2.05) is 0 Å². The predicted molar refractivity (Wildman–Crippen MR) is 103 cm³/mol. The number of nitrogens with one attached hydrogen (secondary N) is 1. The average molecular weight is 347 g/mol. The van der Waals surface area contributed by atoms with Crippen molar-refractivity contribution in [3.8, 4) is 22.5 Å². The highest BCUT2D eigenvalue weighted by molar-refractivity contribution is 5.85. The van der Waals surface area contributed by atoms with E-state index in [1.54, 1.807) is 0 Å². The van der Waals surface area contributed by atoms with Gasteiger partial charge in [-0.1, -0.05) is 57.5 Å². The molecular formula is C21H25N5. The fraction of sp³-hybridized carbons (Fsp3) is 0.429. The fourth-order valence-corrected chi connectivity index (χ4v) is 3.88. The second kappa shape index (κ2) is 6.63. The van der Waals surface area contributed by atoms with Crippen molar-refractivity contribution in [1.82, 2.24) is 25.6 Å². The van der Waals surface area contributed by atoms with Gasteiger partial charge in [0.15, 0.2) is 5.82 Å². The second-order valence-electron chi connectivity index (χ2n) is 8.06. The Labute approximate surface area is 154 Å². The molecule has 2 aromatic heterocycles. The summed E-state index contributed by atoms with van der Waals surface area (Å²) in [4.78, 5) is 5.17. The first-order valence-corrected chi connectivity index (χ1v) is 9.41. The molecule has 26 heavy (non-hydrogen) atoms. The van der Waals surface area contributed by atoms with Gasteiger partial charge < -0.3 is 0 Å². The Kier molecular flexibility index (Phi) is 4.31. The quantitative estimate of drug-likeness (QED) is 0.693. The molecule has 5 heteroatoms. The Morgan fingerprint density at radius 3 is 2.38 bits per heavy atom. The third kappa shape index (κ3) is 3.02. The van der Waals surface area contributed by atoms with Gasteiger partial charge in [-0.15, -0.1) is 5.10 Å². The Bertz CT molecular complexity index is 892. The molecule has 0 aliphatic heterocycles. The molecule has 5 nitrogen and oxygen atoms in total. The molecule has 1 aromatic carbocycles. The van der Waals surface area contributed by atoms with Gasteiger partial charge in [0.2, 0.25) is 0 Å². The van der Waals surface area contributed by atoms with Crippen LogP contribution in [0.1, 0.15) is 57.0 Å². The summed E-state index contributed by atoms with van der Waals surface area (Å²) in [6, 6.07) is 10.6. The molecule has 0 bridgehead atoms. The molecule has 0 unspecified atom stereocenters. The number of nitrogens with zero attached hydrogens (tertiary/aromatic N) is 4. The van der Waals surface area contributed by atoms with Crippen molar-refractivity contribution in [2.24, 2.45) is 0 Å². The van der Waals surface area contributed by atoms with Gasteiger partial charge in [-0.05, 0) is 52.8 Å². The van der Waals surface area contributed by atoms with Gasteiger partial charge in [-0.2, -0.15) is 0 Å². The molecule has 0 fully saturated rings. The molecule has 0 spiro atoms. The lowest BCUT2D eigenvalue weighted by Gasteiger charge is -2.26. The van der Waals surface area contributed by atoms with Crippen molar-refractivity contribution in [2.75, 3.05) is 0 Å². The van der Waals surface area contributed by atoms with Crippen LogP contribution in [-0.4, -0.2) is 25.6 Å². The van der Waals surface area contributed by atoms with Crippen LogP contribution in [0.3, 0.4) is 0 Å². The smallest absolute Gasteiger partial charge is 0.181 e. The predicted octanol–water partition coefficient (Wildman–Crippen LogP) is 4.50. The highest BCUT2D eigenvalue weighted by atomic mass is 15.5. The maximum Gasteiger partial charge on any atom is 0.181 e.